The zero-order valence-electron chi connectivity index (χ0n) is 13.2. The number of halogens is 1. The molecule has 3 aromatic rings. The quantitative estimate of drug-likeness (QED) is 0.455. The van der Waals surface area contributed by atoms with E-state index < -0.39 is 0 Å². The Bertz CT molecular complexity index is 886. The lowest BCUT2D eigenvalue weighted by Gasteiger charge is -2.07. The minimum Gasteiger partial charge on any atom is -0.495 e. The van der Waals surface area contributed by atoms with E-state index in [0.717, 1.165) is 11.4 Å². The molecule has 1 N–H and O–H groups in total. The Balaban J connectivity index is 1.62. The highest BCUT2D eigenvalue weighted by atomic mass is 35.5. The predicted molar refractivity (Wildman–Crippen MR) is 103 cm³/mol. The SMILES string of the molecule is COc1ccccc1Nc1nnc(SCC(=O)c2ccccc2Cl)s1. The van der Waals surface area contributed by atoms with Crippen molar-refractivity contribution < 1.29 is 9.53 Å². The Hall–Kier alpha value is -2.09. The average Bonchev–Trinajstić information content (AvgIpc) is 3.08. The summed E-state index contributed by atoms with van der Waals surface area (Å²) in [5.74, 6) is 0.943. The molecule has 0 spiro atoms. The molecule has 0 aliphatic rings. The van der Waals surface area contributed by atoms with Crippen molar-refractivity contribution >= 4 is 51.3 Å². The smallest absolute Gasteiger partial charge is 0.210 e. The number of rotatable bonds is 7. The third-order valence-electron chi connectivity index (χ3n) is 3.26. The maximum Gasteiger partial charge on any atom is 0.210 e. The van der Waals surface area contributed by atoms with Crippen LogP contribution in [-0.4, -0.2) is 28.8 Å². The molecule has 0 saturated carbocycles. The molecule has 3 rings (SSSR count). The first-order valence-corrected chi connectivity index (χ1v) is 9.49. The monoisotopic (exact) mass is 391 g/mol. The van der Waals surface area contributed by atoms with Gasteiger partial charge in [-0.15, -0.1) is 10.2 Å². The summed E-state index contributed by atoms with van der Waals surface area (Å²) in [4.78, 5) is 12.2. The first-order chi connectivity index (χ1) is 12.2. The summed E-state index contributed by atoms with van der Waals surface area (Å²) in [6.45, 7) is 0. The Morgan fingerprint density at radius 2 is 1.96 bits per heavy atom. The standard InChI is InChI=1S/C17H14ClN3O2S2/c1-23-15-9-5-4-8-13(15)19-16-20-21-17(25-16)24-10-14(22)11-6-2-3-7-12(11)18/h2-9H,10H2,1H3,(H,19,20). The predicted octanol–water partition coefficient (Wildman–Crippen LogP) is 4.92. The van der Waals surface area contributed by atoms with Gasteiger partial charge >= 0.3 is 0 Å². The third-order valence-corrected chi connectivity index (χ3v) is 5.56. The molecule has 0 fully saturated rings. The summed E-state index contributed by atoms with van der Waals surface area (Å²) < 4.78 is 6.00. The molecule has 8 heteroatoms. The number of benzene rings is 2. The van der Waals surface area contributed by atoms with Crippen LogP contribution in [0.25, 0.3) is 0 Å². The molecule has 25 heavy (non-hydrogen) atoms. The lowest BCUT2D eigenvalue weighted by atomic mass is 10.1. The van der Waals surface area contributed by atoms with Gasteiger partial charge in [-0.2, -0.15) is 0 Å². The van der Waals surface area contributed by atoms with Gasteiger partial charge in [0.25, 0.3) is 0 Å². The van der Waals surface area contributed by atoms with Crippen molar-refractivity contribution in [2.75, 3.05) is 18.2 Å². The molecule has 1 heterocycles. The highest BCUT2D eigenvalue weighted by Gasteiger charge is 2.13. The second kappa shape index (κ2) is 8.33. The topological polar surface area (TPSA) is 64.1 Å². The van der Waals surface area contributed by atoms with E-state index in [9.17, 15) is 4.79 Å². The molecule has 0 bridgehead atoms. The van der Waals surface area contributed by atoms with Crippen LogP contribution in [0.3, 0.4) is 0 Å². The van der Waals surface area contributed by atoms with Crippen LogP contribution in [0.1, 0.15) is 10.4 Å². The van der Waals surface area contributed by atoms with Gasteiger partial charge in [0, 0.05) is 5.56 Å². The van der Waals surface area contributed by atoms with Gasteiger partial charge < -0.3 is 10.1 Å². The minimum absolute atomic E-state index is 0.0370. The van der Waals surface area contributed by atoms with Gasteiger partial charge in [0.2, 0.25) is 5.13 Å². The third kappa shape index (κ3) is 4.50. The molecule has 0 saturated heterocycles. The number of nitrogens with one attached hydrogen (secondary N) is 1. The summed E-state index contributed by atoms with van der Waals surface area (Å²) in [6, 6.07) is 14.6. The lowest BCUT2D eigenvalue weighted by molar-refractivity contribution is 0.102. The number of carbonyl (C=O) groups is 1. The summed E-state index contributed by atoms with van der Waals surface area (Å²) >= 11 is 8.76. The molecule has 0 aliphatic carbocycles. The number of thioether (sulfide) groups is 1. The van der Waals surface area contributed by atoms with Gasteiger partial charge in [-0.25, -0.2) is 0 Å². The first kappa shape index (κ1) is 17.7. The molecule has 128 valence electrons. The van der Waals surface area contributed by atoms with Crippen LogP contribution in [0, 0.1) is 0 Å². The number of ketones is 1. The molecule has 0 atom stereocenters. The van der Waals surface area contributed by atoms with Crippen LogP contribution in [0.4, 0.5) is 10.8 Å². The Morgan fingerprint density at radius 3 is 2.76 bits per heavy atom. The van der Waals surface area contributed by atoms with Gasteiger partial charge in [0.15, 0.2) is 10.1 Å². The van der Waals surface area contributed by atoms with Crippen molar-refractivity contribution in [1.82, 2.24) is 10.2 Å². The number of hydrogen-bond donors (Lipinski definition) is 1. The number of ether oxygens (including phenoxy) is 1. The van der Waals surface area contributed by atoms with Crippen molar-refractivity contribution in [3.05, 3.63) is 59.1 Å². The highest BCUT2D eigenvalue weighted by Crippen LogP contribution is 2.31. The van der Waals surface area contributed by atoms with Crippen molar-refractivity contribution in [1.29, 1.82) is 0 Å². The maximum atomic E-state index is 12.2. The number of Topliss-reactive ketones (excluding diaryl/α,β-unsaturated/α-hetero) is 1. The molecule has 0 amide bonds. The molecule has 5 nitrogen and oxygen atoms in total. The van der Waals surface area contributed by atoms with Gasteiger partial charge in [0.05, 0.1) is 23.6 Å². The van der Waals surface area contributed by atoms with E-state index in [0.29, 0.717) is 20.1 Å². The van der Waals surface area contributed by atoms with Crippen molar-refractivity contribution in [2.45, 2.75) is 4.34 Å². The van der Waals surface area contributed by atoms with Crippen LogP contribution in [0.15, 0.2) is 52.9 Å². The minimum atomic E-state index is -0.0370. The molecule has 0 radical (unpaired) electrons. The normalized spacial score (nSPS) is 10.5. The zero-order valence-corrected chi connectivity index (χ0v) is 15.6. The number of aromatic nitrogens is 2. The summed E-state index contributed by atoms with van der Waals surface area (Å²) in [6.07, 6.45) is 0. The molecular formula is C17H14ClN3O2S2. The second-order valence-electron chi connectivity index (χ2n) is 4.89. The number of hydrogen-bond acceptors (Lipinski definition) is 7. The van der Waals surface area contributed by atoms with E-state index in [1.54, 1.807) is 31.4 Å². The Morgan fingerprint density at radius 1 is 1.20 bits per heavy atom. The second-order valence-corrected chi connectivity index (χ2v) is 7.50. The lowest BCUT2D eigenvalue weighted by Crippen LogP contribution is -2.02. The van der Waals surface area contributed by atoms with Gasteiger partial charge in [-0.3, -0.25) is 4.79 Å². The van der Waals surface area contributed by atoms with Crippen LogP contribution in [0.5, 0.6) is 5.75 Å². The number of nitrogens with zero attached hydrogens (tertiary/aromatic N) is 2. The Kier molecular flexibility index (Phi) is 5.91. The fraction of sp³-hybridized carbons (Fsp3) is 0.118. The van der Waals surface area contributed by atoms with Crippen molar-refractivity contribution in [2.24, 2.45) is 0 Å². The van der Waals surface area contributed by atoms with Crippen molar-refractivity contribution in [3.8, 4) is 5.75 Å². The van der Waals surface area contributed by atoms with Crippen LogP contribution in [-0.2, 0) is 0 Å². The highest BCUT2D eigenvalue weighted by molar-refractivity contribution is 8.01. The van der Waals surface area contributed by atoms with Crippen LogP contribution in [0.2, 0.25) is 5.02 Å². The number of anilines is 2. The zero-order chi connectivity index (χ0) is 17.6. The van der Waals surface area contributed by atoms with Gasteiger partial charge in [-0.05, 0) is 24.3 Å². The average molecular weight is 392 g/mol. The van der Waals surface area contributed by atoms with E-state index in [2.05, 4.69) is 15.5 Å². The Labute approximate surface area is 158 Å². The van der Waals surface area contributed by atoms with Crippen molar-refractivity contribution in [3.63, 3.8) is 0 Å². The fourth-order valence-corrected chi connectivity index (χ4v) is 3.96. The first-order valence-electron chi connectivity index (χ1n) is 7.31. The van der Waals surface area contributed by atoms with E-state index in [4.69, 9.17) is 16.3 Å². The summed E-state index contributed by atoms with van der Waals surface area (Å²) in [5.41, 5.74) is 1.33. The van der Waals surface area contributed by atoms with E-state index in [1.807, 2.05) is 24.3 Å². The molecular weight excluding hydrogens is 378 g/mol. The van der Waals surface area contributed by atoms with E-state index >= 15 is 0 Å². The number of carbonyl (C=O) groups excluding carboxylic acids is 1. The number of methoxy groups -OCH3 is 1. The summed E-state index contributed by atoms with van der Waals surface area (Å²) in [7, 11) is 1.61. The largest absolute Gasteiger partial charge is 0.495 e. The molecule has 2 aromatic carbocycles. The van der Waals surface area contributed by atoms with Crippen LogP contribution < -0.4 is 10.1 Å². The maximum absolute atomic E-state index is 12.2. The summed E-state index contributed by atoms with van der Waals surface area (Å²) in [5, 5.41) is 12.5. The number of para-hydroxylation sites is 2. The molecule has 0 unspecified atom stereocenters. The van der Waals surface area contributed by atoms with Crippen LogP contribution >= 0.6 is 34.7 Å². The van der Waals surface area contributed by atoms with E-state index in [-0.39, 0.29) is 11.5 Å². The van der Waals surface area contributed by atoms with Gasteiger partial charge in [0.1, 0.15) is 5.75 Å². The molecule has 0 aliphatic heterocycles. The van der Waals surface area contributed by atoms with E-state index in [1.165, 1.54) is 23.1 Å². The molecule has 1 aromatic heterocycles. The fourth-order valence-electron chi connectivity index (χ4n) is 2.07. The van der Waals surface area contributed by atoms with Gasteiger partial charge in [-0.1, -0.05) is 59.0 Å².